The van der Waals surface area contributed by atoms with Crippen molar-refractivity contribution in [1.82, 2.24) is 15.1 Å². The highest BCUT2D eigenvalue weighted by Gasteiger charge is 2.27. The molecule has 7 nitrogen and oxygen atoms in total. The summed E-state index contributed by atoms with van der Waals surface area (Å²) in [6, 6.07) is 8.54. The lowest BCUT2D eigenvalue weighted by molar-refractivity contribution is -0.149. The zero-order chi connectivity index (χ0) is 21.3. The summed E-state index contributed by atoms with van der Waals surface area (Å²) >= 11 is 0. The van der Waals surface area contributed by atoms with Crippen LogP contribution in [-0.4, -0.2) is 78.8 Å². The normalized spacial score (nSPS) is 18.7. The number of rotatable bonds is 7. The first-order chi connectivity index (χ1) is 14.6. The number of nitrogens with zero attached hydrogens (tertiary/aromatic N) is 3. The quantitative estimate of drug-likeness (QED) is 0.238. The van der Waals surface area contributed by atoms with E-state index < -0.39 is 6.10 Å². The van der Waals surface area contributed by atoms with E-state index in [-0.39, 0.29) is 35.9 Å². The number of piperidine rings is 1. The maximum Gasteiger partial charge on any atom is 0.309 e. The molecule has 2 heterocycles. The number of aliphatic imine (C=N–C) groups is 1. The summed E-state index contributed by atoms with van der Waals surface area (Å²) in [7, 11) is 0. The van der Waals surface area contributed by atoms with Crippen LogP contribution >= 0.6 is 24.0 Å². The zero-order valence-corrected chi connectivity index (χ0v) is 21.1. The number of carbonyl (C=O) groups is 1. The number of carbonyl (C=O) groups excluding carboxylic acids is 1. The fraction of sp³-hybridized carbons (Fsp3) is 0.652. The number of aliphatic hydroxyl groups excluding tert-OH is 1. The molecule has 3 rings (SSSR count). The summed E-state index contributed by atoms with van der Waals surface area (Å²) in [5.41, 5.74) is 2.78. The highest BCUT2D eigenvalue weighted by Crippen LogP contribution is 2.20. The summed E-state index contributed by atoms with van der Waals surface area (Å²) in [5, 5.41) is 13.9. The first-order valence-corrected chi connectivity index (χ1v) is 11.3. The van der Waals surface area contributed by atoms with Gasteiger partial charge in [0.1, 0.15) is 0 Å². The van der Waals surface area contributed by atoms with Gasteiger partial charge in [0.15, 0.2) is 5.96 Å². The van der Waals surface area contributed by atoms with Crippen molar-refractivity contribution in [3.05, 3.63) is 35.4 Å². The summed E-state index contributed by atoms with van der Waals surface area (Å²) in [6.45, 7) is 9.50. The smallest absolute Gasteiger partial charge is 0.309 e. The molecule has 2 aliphatic heterocycles. The molecule has 1 aromatic rings. The summed E-state index contributed by atoms with van der Waals surface area (Å²) in [5.74, 6) is 0.720. The highest BCUT2D eigenvalue weighted by atomic mass is 127. The topological polar surface area (TPSA) is 77.4 Å². The van der Waals surface area contributed by atoms with Crippen LogP contribution in [0.1, 0.15) is 37.8 Å². The molecular weight excluding hydrogens is 507 g/mol. The maximum atomic E-state index is 12.0. The van der Waals surface area contributed by atoms with E-state index in [9.17, 15) is 9.90 Å². The molecule has 0 aliphatic carbocycles. The van der Waals surface area contributed by atoms with Gasteiger partial charge in [0, 0.05) is 39.3 Å². The van der Waals surface area contributed by atoms with Crippen molar-refractivity contribution >= 4 is 35.9 Å². The number of aliphatic hydroxyl groups is 1. The van der Waals surface area contributed by atoms with E-state index >= 15 is 0 Å². The second kappa shape index (κ2) is 13.2. The first kappa shape index (κ1) is 25.9. The number of hydrogen-bond donors (Lipinski definition) is 2. The zero-order valence-electron chi connectivity index (χ0n) is 18.8. The van der Waals surface area contributed by atoms with E-state index in [0.717, 1.165) is 57.9 Å². The fourth-order valence-corrected chi connectivity index (χ4v) is 4.27. The van der Waals surface area contributed by atoms with Crippen molar-refractivity contribution < 1.29 is 14.6 Å². The Kier molecular flexibility index (Phi) is 11.0. The minimum absolute atomic E-state index is 0. The van der Waals surface area contributed by atoms with Gasteiger partial charge in [0.25, 0.3) is 0 Å². The van der Waals surface area contributed by atoms with Crippen LogP contribution in [0.4, 0.5) is 0 Å². The minimum atomic E-state index is -0.499. The molecule has 2 aliphatic rings. The van der Waals surface area contributed by atoms with Gasteiger partial charge in [-0.05, 0) is 44.2 Å². The maximum absolute atomic E-state index is 12.0. The monoisotopic (exact) mass is 544 g/mol. The van der Waals surface area contributed by atoms with Gasteiger partial charge in [-0.3, -0.25) is 14.7 Å². The van der Waals surface area contributed by atoms with Gasteiger partial charge >= 0.3 is 5.97 Å². The summed E-state index contributed by atoms with van der Waals surface area (Å²) in [6.07, 6.45) is 2.09. The van der Waals surface area contributed by atoms with Gasteiger partial charge in [-0.25, -0.2) is 0 Å². The van der Waals surface area contributed by atoms with Crippen LogP contribution < -0.4 is 5.32 Å². The number of hydrogen-bond acceptors (Lipinski definition) is 5. The second-order valence-electron chi connectivity index (χ2n) is 8.12. The van der Waals surface area contributed by atoms with Gasteiger partial charge < -0.3 is 20.1 Å². The first-order valence-electron chi connectivity index (χ1n) is 11.3. The molecule has 0 bridgehead atoms. The van der Waals surface area contributed by atoms with Gasteiger partial charge in [0.05, 0.1) is 25.2 Å². The Labute approximate surface area is 203 Å². The van der Waals surface area contributed by atoms with E-state index in [0.29, 0.717) is 19.7 Å². The SMILES string of the molecule is CCNC(=NCC(O)CN1CCc2ccccc2C1)N1CCC(C(=O)OCC)CC1.I. The number of β-amino-alcohol motifs (C(OH)–C–C–N with tert-alkyl or cyclic N) is 1. The van der Waals surface area contributed by atoms with Crippen molar-refractivity contribution in [2.45, 2.75) is 45.8 Å². The number of benzene rings is 1. The highest BCUT2D eigenvalue weighted by molar-refractivity contribution is 14.0. The third-order valence-electron chi connectivity index (χ3n) is 5.88. The van der Waals surface area contributed by atoms with Gasteiger partial charge in [-0.1, -0.05) is 24.3 Å². The van der Waals surface area contributed by atoms with Crippen LogP contribution in [0.25, 0.3) is 0 Å². The Bertz CT molecular complexity index is 723. The number of nitrogens with one attached hydrogen (secondary N) is 1. The Morgan fingerprint density at radius 3 is 2.61 bits per heavy atom. The van der Waals surface area contributed by atoms with Crippen LogP contribution in [0.2, 0.25) is 0 Å². The average Bonchev–Trinajstić information content (AvgIpc) is 2.77. The van der Waals surface area contributed by atoms with Crippen LogP contribution in [0.3, 0.4) is 0 Å². The van der Waals surface area contributed by atoms with Crippen LogP contribution in [0.5, 0.6) is 0 Å². The summed E-state index contributed by atoms with van der Waals surface area (Å²) in [4.78, 5) is 21.1. The standard InChI is InChI=1S/C23H36N4O3.HI/c1-3-24-23(27-13-10-19(11-14-27)22(29)30-4-2)25-15-21(28)17-26-12-9-18-7-5-6-8-20(18)16-26;/h5-8,19,21,28H,3-4,9-17H2,1-2H3,(H,24,25);1H. The second-order valence-corrected chi connectivity index (χ2v) is 8.12. The van der Waals surface area contributed by atoms with E-state index in [2.05, 4.69) is 39.4 Å². The molecule has 31 heavy (non-hydrogen) atoms. The third kappa shape index (κ3) is 7.61. The average molecular weight is 544 g/mol. The number of likely N-dealkylation sites (tertiary alicyclic amines) is 1. The largest absolute Gasteiger partial charge is 0.466 e. The summed E-state index contributed by atoms with van der Waals surface area (Å²) < 4.78 is 5.16. The molecule has 1 unspecified atom stereocenters. The Balaban J connectivity index is 0.00000341. The molecule has 0 saturated carbocycles. The molecule has 1 aromatic carbocycles. The number of ether oxygens (including phenoxy) is 1. The van der Waals surface area contributed by atoms with Crippen LogP contribution in [0.15, 0.2) is 29.3 Å². The third-order valence-corrected chi connectivity index (χ3v) is 5.88. The van der Waals surface area contributed by atoms with Crippen molar-refractivity contribution in [1.29, 1.82) is 0 Å². The van der Waals surface area contributed by atoms with Crippen LogP contribution in [0, 0.1) is 5.92 Å². The Morgan fingerprint density at radius 2 is 1.94 bits per heavy atom. The molecule has 0 aromatic heterocycles. The van der Waals surface area contributed by atoms with Gasteiger partial charge in [-0.15, -0.1) is 24.0 Å². The van der Waals surface area contributed by atoms with E-state index in [1.54, 1.807) is 0 Å². The van der Waals surface area contributed by atoms with Crippen molar-refractivity contribution in [3.63, 3.8) is 0 Å². The molecule has 0 radical (unpaired) electrons. The van der Waals surface area contributed by atoms with Crippen LogP contribution in [-0.2, 0) is 22.5 Å². The molecule has 1 saturated heterocycles. The molecule has 0 spiro atoms. The van der Waals surface area contributed by atoms with E-state index in [4.69, 9.17) is 9.73 Å². The van der Waals surface area contributed by atoms with Gasteiger partial charge in [0.2, 0.25) is 0 Å². The Hall–Kier alpha value is -1.39. The van der Waals surface area contributed by atoms with E-state index in [1.807, 2.05) is 13.8 Å². The minimum Gasteiger partial charge on any atom is -0.466 e. The predicted octanol–water partition coefficient (Wildman–Crippen LogP) is 2.26. The molecule has 2 N–H and O–H groups in total. The van der Waals surface area contributed by atoms with Crippen molar-refractivity contribution in [3.8, 4) is 0 Å². The van der Waals surface area contributed by atoms with Crippen molar-refractivity contribution in [2.24, 2.45) is 10.9 Å². The van der Waals surface area contributed by atoms with Gasteiger partial charge in [-0.2, -0.15) is 0 Å². The molecule has 1 atom stereocenters. The molecular formula is C23H37IN4O3. The number of guanidine groups is 1. The predicted molar refractivity (Wildman–Crippen MR) is 134 cm³/mol. The number of halogens is 1. The lowest BCUT2D eigenvalue weighted by Gasteiger charge is -2.33. The molecule has 1 fully saturated rings. The Morgan fingerprint density at radius 1 is 1.23 bits per heavy atom. The van der Waals surface area contributed by atoms with Crippen molar-refractivity contribution in [2.75, 3.05) is 45.9 Å². The molecule has 0 amide bonds. The molecule has 174 valence electrons. The lowest BCUT2D eigenvalue weighted by Crippen LogP contribution is -2.47. The lowest BCUT2D eigenvalue weighted by atomic mass is 9.97. The molecule has 8 heteroatoms. The fourth-order valence-electron chi connectivity index (χ4n) is 4.27. The van der Waals surface area contributed by atoms with E-state index in [1.165, 1.54) is 11.1 Å². The number of esters is 1. The number of fused-ring (bicyclic) bond motifs is 1.